The van der Waals surface area contributed by atoms with Crippen LogP contribution < -0.4 is 5.32 Å². The fraction of sp³-hybridized carbons (Fsp3) is 0.308. The first kappa shape index (κ1) is 12.3. The Balaban J connectivity index is 1.81. The van der Waals surface area contributed by atoms with Crippen LogP contribution in [0.3, 0.4) is 0 Å². The topological polar surface area (TPSA) is 72.2 Å². The molecule has 1 aliphatic carbocycles. The standard InChI is InChI=1S/C13H14N2O3/c16-13-6-3-11(9-13)14-8-7-10-1-4-12(5-2-10)15(17)18/h1-2,4-5,9,14H,3,6-8H2. The molecular formula is C13H14N2O3. The summed E-state index contributed by atoms with van der Waals surface area (Å²) in [6.07, 6.45) is 3.82. The molecule has 5 nitrogen and oxygen atoms in total. The van der Waals surface area contributed by atoms with Gasteiger partial charge in [-0.15, -0.1) is 0 Å². The normalized spacial score (nSPS) is 14.4. The Bertz CT molecular complexity index is 491. The van der Waals surface area contributed by atoms with E-state index >= 15 is 0 Å². The first-order valence-corrected chi connectivity index (χ1v) is 5.86. The number of nitrogens with zero attached hydrogens (tertiary/aromatic N) is 1. The van der Waals surface area contributed by atoms with Crippen LogP contribution in [0.15, 0.2) is 36.0 Å². The number of allylic oxidation sites excluding steroid dienone is 2. The average Bonchev–Trinajstić information content (AvgIpc) is 2.76. The summed E-state index contributed by atoms with van der Waals surface area (Å²) < 4.78 is 0. The lowest BCUT2D eigenvalue weighted by atomic mass is 10.1. The van der Waals surface area contributed by atoms with E-state index in [1.807, 2.05) is 0 Å². The zero-order valence-electron chi connectivity index (χ0n) is 9.89. The molecule has 2 rings (SSSR count). The van der Waals surface area contributed by atoms with Crippen molar-refractivity contribution in [2.45, 2.75) is 19.3 Å². The summed E-state index contributed by atoms with van der Waals surface area (Å²) >= 11 is 0. The molecule has 0 heterocycles. The van der Waals surface area contributed by atoms with Crippen LogP contribution in [0.4, 0.5) is 5.69 Å². The molecule has 0 saturated heterocycles. The van der Waals surface area contributed by atoms with Gasteiger partial charge in [-0.2, -0.15) is 0 Å². The second-order valence-electron chi connectivity index (χ2n) is 4.24. The van der Waals surface area contributed by atoms with Crippen molar-refractivity contribution in [3.63, 3.8) is 0 Å². The molecule has 0 spiro atoms. The predicted octanol–water partition coefficient (Wildman–Crippen LogP) is 1.97. The lowest BCUT2D eigenvalue weighted by Crippen LogP contribution is -2.15. The molecule has 0 atom stereocenters. The number of ketones is 1. The van der Waals surface area contributed by atoms with Crippen molar-refractivity contribution in [1.82, 2.24) is 5.32 Å². The molecular weight excluding hydrogens is 232 g/mol. The van der Waals surface area contributed by atoms with Crippen molar-refractivity contribution >= 4 is 11.5 Å². The van der Waals surface area contributed by atoms with Crippen LogP contribution in [0.2, 0.25) is 0 Å². The first-order valence-electron chi connectivity index (χ1n) is 5.86. The molecule has 1 aromatic carbocycles. The van der Waals surface area contributed by atoms with Gasteiger partial charge in [-0.05, 0) is 18.4 Å². The van der Waals surface area contributed by atoms with E-state index in [4.69, 9.17) is 0 Å². The summed E-state index contributed by atoms with van der Waals surface area (Å²) in [5, 5.41) is 13.7. The third kappa shape index (κ3) is 3.16. The molecule has 0 fully saturated rings. The van der Waals surface area contributed by atoms with Crippen LogP contribution in [0.5, 0.6) is 0 Å². The third-order valence-electron chi connectivity index (χ3n) is 2.89. The van der Waals surface area contributed by atoms with Gasteiger partial charge >= 0.3 is 0 Å². The largest absolute Gasteiger partial charge is 0.388 e. The lowest BCUT2D eigenvalue weighted by Gasteiger charge is -2.06. The van der Waals surface area contributed by atoms with Gasteiger partial charge in [0, 0.05) is 36.9 Å². The summed E-state index contributed by atoms with van der Waals surface area (Å²) in [6.45, 7) is 0.733. The van der Waals surface area contributed by atoms with Gasteiger partial charge < -0.3 is 5.32 Å². The number of hydrogen-bond acceptors (Lipinski definition) is 4. The van der Waals surface area contributed by atoms with Gasteiger partial charge in [-0.25, -0.2) is 0 Å². The minimum Gasteiger partial charge on any atom is -0.388 e. The SMILES string of the molecule is O=C1C=C(NCCc2ccc([N+](=O)[O-])cc2)CC1. The maximum Gasteiger partial charge on any atom is 0.269 e. The summed E-state index contributed by atoms with van der Waals surface area (Å²) in [7, 11) is 0. The van der Waals surface area contributed by atoms with Gasteiger partial charge in [0.25, 0.3) is 5.69 Å². The number of rotatable bonds is 5. The van der Waals surface area contributed by atoms with Crippen molar-refractivity contribution in [2.75, 3.05) is 6.54 Å². The van der Waals surface area contributed by atoms with E-state index in [1.165, 1.54) is 12.1 Å². The van der Waals surface area contributed by atoms with Crippen LogP contribution >= 0.6 is 0 Å². The fourth-order valence-corrected chi connectivity index (χ4v) is 1.89. The van der Waals surface area contributed by atoms with Crippen LogP contribution in [0, 0.1) is 10.1 Å². The van der Waals surface area contributed by atoms with Gasteiger partial charge in [0.2, 0.25) is 0 Å². The number of nitro groups is 1. The summed E-state index contributed by atoms with van der Waals surface area (Å²) in [5.41, 5.74) is 2.13. The molecule has 0 aromatic heterocycles. The first-order chi connectivity index (χ1) is 8.65. The van der Waals surface area contributed by atoms with Crippen LogP contribution in [0.25, 0.3) is 0 Å². The van der Waals surface area contributed by atoms with Crippen molar-refractivity contribution in [1.29, 1.82) is 0 Å². The van der Waals surface area contributed by atoms with E-state index in [0.29, 0.717) is 6.42 Å². The minimum atomic E-state index is -0.406. The van der Waals surface area contributed by atoms with Gasteiger partial charge in [-0.3, -0.25) is 14.9 Å². The Morgan fingerprint density at radius 3 is 2.50 bits per heavy atom. The van der Waals surface area contributed by atoms with Gasteiger partial charge in [0.15, 0.2) is 5.78 Å². The van der Waals surface area contributed by atoms with Crippen molar-refractivity contribution in [2.24, 2.45) is 0 Å². The van der Waals surface area contributed by atoms with Crippen molar-refractivity contribution < 1.29 is 9.72 Å². The number of benzene rings is 1. The Kier molecular flexibility index (Phi) is 3.72. The maximum atomic E-state index is 11.0. The molecule has 0 amide bonds. The summed E-state index contributed by atoms with van der Waals surface area (Å²) in [5.74, 6) is 0.174. The highest BCUT2D eigenvalue weighted by atomic mass is 16.6. The predicted molar refractivity (Wildman–Crippen MR) is 67.1 cm³/mol. The number of carbonyl (C=O) groups excluding carboxylic acids is 1. The zero-order chi connectivity index (χ0) is 13.0. The molecule has 0 unspecified atom stereocenters. The third-order valence-corrected chi connectivity index (χ3v) is 2.89. The van der Waals surface area contributed by atoms with E-state index in [1.54, 1.807) is 18.2 Å². The van der Waals surface area contributed by atoms with Gasteiger partial charge in [0.1, 0.15) is 0 Å². The van der Waals surface area contributed by atoms with Crippen LogP contribution in [-0.4, -0.2) is 17.3 Å². The Morgan fingerprint density at radius 1 is 1.22 bits per heavy atom. The van der Waals surface area contributed by atoms with E-state index in [2.05, 4.69) is 5.32 Å². The van der Waals surface area contributed by atoms with Gasteiger partial charge in [0.05, 0.1) is 4.92 Å². The Hall–Kier alpha value is -2.17. The summed E-state index contributed by atoms with van der Waals surface area (Å²) in [4.78, 5) is 21.1. The molecule has 1 N–H and O–H groups in total. The maximum absolute atomic E-state index is 11.0. The van der Waals surface area contributed by atoms with Crippen molar-refractivity contribution in [3.05, 3.63) is 51.7 Å². The Morgan fingerprint density at radius 2 is 1.94 bits per heavy atom. The van der Waals surface area contributed by atoms with Gasteiger partial charge in [-0.1, -0.05) is 12.1 Å². The fourth-order valence-electron chi connectivity index (χ4n) is 1.89. The summed E-state index contributed by atoms with van der Waals surface area (Å²) in [6, 6.07) is 6.53. The van der Waals surface area contributed by atoms with Crippen molar-refractivity contribution in [3.8, 4) is 0 Å². The number of non-ortho nitro benzene ring substituents is 1. The molecule has 1 aliphatic rings. The average molecular weight is 246 g/mol. The second-order valence-corrected chi connectivity index (χ2v) is 4.24. The molecule has 0 aliphatic heterocycles. The van der Waals surface area contributed by atoms with Crippen LogP contribution in [0.1, 0.15) is 18.4 Å². The van der Waals surface area contributed by atoms with E-state index < -0.39 is 4.92 Å². The highest BCUT2D eigenvalue weighted by Crippen LogP contribution is 2.13. The highest BCUT2D eigenvalue weighted by molar-refractivity contribution is 5.92. The lowest BCUT2D eigenvalue weighted by molar-refractivity contribution is -0.384. The highest BCUT2D eigenvalue weighted by Gasteiger charge is 2.10. The molecule has 0 bridgehead atoms. The monoisotopic (exact) mass is 246 g/mol. The molecule has 0 saturated carbocycles. The smallest absolute Gasteiger partial charge is 0.269 e. The molecule has 5 heteroatoms. The molecule has 1 aromatic rings. The molecule has 94 valence electrons. The number of hydrogen-bond donors (Lipinski definition) is 1. The Labute approximate surface area is 105 Å². The molecule has 0 radical (unpaired) electrons. The number of nitrogens with one attached hydrogen (secondary N) is 1. The quantitative estimate of drug-likeness (QED) is 0.637. The van der Waals surface area contributed by atoms with E-state index in [0.717, 1.165) is 30.6 Å². The van der Waals surface area contributed by atoms with E-state index in [9.17, 15) is 14.9 Å². The van der Waals surface area contributed by atoms with Crippen LogP contribution in [-0.2, 0) is 11.2 Å². The second kappa shape index (κ2) is 5.44. The molecule has 18 heavy (non-hydrogen) atoms. The minimum absolute atomic E-state index is 0.107. The zero-order valence-corrected chi connectivity index (χ0v) is 9.89. The number of carbonyl (C=O) groups is 1. The van der Waals surface area contributed by atoms with E-state index in [-0.39, 0.29) is 11.5 Å². The number of nitro benzene ring substituents is 1.